The van der Waals surface area contributed by atoms with Crippen LogP contribution in [-0.4, -0.2) is 99.6 Å². The molecule has 0 aromatic carbocycles. The normalized spacial score (nSPS) is 30.7. The van der Waals surface area contributed by atoms with Gasteiger partial charge in [0.05, 0.1) is 30.3 Å². The Morgan fingerprint density at radius 1 is 1.12 bits per heavy atom. The summed E-state index contributed by atoms with van der Waals surface area (Å²) in [5.74, 6) is -0.144. The molecular formula is C41H73NO9Si. The summed E-state index contributed by atoms with van der Waals surface area (Å²) in [6.45, 7) is 23.0. The molecule has 1 saturated heterocycles. The van der Waals surface area contributed by atoms with Gasteiger partial charge < -0.3 is 38.1 Å². The quantitative estimate of drug-likeness (QED) is 0.0367. The van der Waals surface area contributed by atoms with Crippen LogP contribution in [-0.2, 0) is 32.9 Å². The summed E-state index contributed by atoms with van der Waals surface area (Å²) >= 11 is 0. The average molecular weight is 752 g/mol. The molecule has 1 amide bonds. The first-order valence-corrected chi connectivity index (χ1v) is 22.4. The second kappa shape index (κ2) is 21.8. The van der Waals surface area contributed by atoms with Crippen molar-refractivity contribution >= 4 is 20.4 Å². The van der Waals surface area contributed by atoms with Crippen molar-refractivity contribution in [1.82, 2.24) is 4.90 Å². The van der Waals surface area contributed by atoms with Crippen LogP contribution in [0, 0.1) is 17.8 Å². The molecule has 0 saturated carbocycles. The summed E-state index contributed by atoms with van der Waals surface area (Å²) < 4.78 is 36.9. The summed E-state index contributed by atoms with van der Waals surface area (Å²) in [7, 11) is 1.33. The number of nitrogens with zero attached hydrogens (tertiary/aromatic N) is 1. The van der Waals surface area contributed by atoms with Crippen LogP contribution >= 0.6 is 0 Å². The molecule has 2 heterocycles. The molecule has 0 aromatic heterocycles. The Morgan fingerprint density at radius 2 is 1.77 bits per heavy atom. The number of hydrogen-bond acceptors (Lipinski definition) is 9. The number of hydrogen-bond donors (Lipinski definition) is 1. The summed E-state index contributed by atoms with van der Waals surface area (Å²) in [5.41, 5.74) is -0.0381. The lowest BCUT2D eigenvalue weighted by atomic mass is 9.88. The van der Waals surface area contributed by atoms with Gasteiger partial charge in [-0.15, -0.1) is 0 Å². The van der Waals surface area contributed by atoms with E-state index in [0.29, 0.717) is 19.4 Å². The number of carbonyl (C=O) groups is 2. The second-order valence-corrected chi connectivity index (χ2v) is 20.2. The van der Waals surface area contributed by atoms with Crippen molar-refractivity contribution in [2.24, 2.45) is 17.8 Å². The highest BCUT2D eigenvalue weighted by molar-refractivity contribution is 6.73. The monoisotopic (exact) mass is 752 g/mol. The van der Waals surface area contributed by atoms with Gasteiger partial charge in [0, 0.05) is 32.5 Å². The van der Waals surface area contributed by atoms with Gasteiger partial charge in [0.1, 0.15) is 18.3 Å². The highest BCUT2D eigenvalue weighted by Gasteiger charge is 2.46. The smallest absolute Gasteiger partial charge is 0.409 e. The Bertz CT molecular complexity index is 1180. The van der Waals surface area contributed by atoms with Gasteiger partial charge in [0.2, 0.25) is 0 Å². The number of ether oxygens (including phenoxy) is 5. The van der Waals surface area contributed by atoms with E-state index in [4.69, 9.17) is 28.1 Å². The number of esters is 1. The first kappa shape index (κ1) is 46.1. The van der Waals surface area contributed by atoms with Crippen LogP contribution in [0.1, 0.15) is 108 Å². The number of cyclic esters (lactones) is 1. The lowest BCUT2D eigenvalue weighted by molar-refractivity contribution is -0.221. The van der Waals surface area contributed by atoms with E-state index in [1.54, 1.807) is 20.2 Å². The maximum absolute atomic E-state index is 13.7. The maximum atomic E-state index is 13.7. The van der Waals surface area contributed by atoms with Gasteiger partial charge in [-0.3, -0.25) is 4.79 Å². The van der Waals surface area contributed by atoms with E-state index in [1.165, 1.54) is 4.90 Å². The summed E-state index contributed by atoms with van der Waals surface area (Å²) in [6, 6.07) is 2.91. The van der Waals surface area contributed by atoms with Crippen LogP contribution in [0.4, 0.5) is 4.79 Å². The molecule has 11 unspecified atom stereocenters. The van der Waals surface area contributed by atoms with E-state index < -0.39 is 32.4 Å². The van der Waals surface area contributed by atoms with E-state index in [9.17, 15) is 14.7 Å². The fourth-order valence-corrected chi connectivity index (χ4v) is 10.2. The molecule has 0 radical (unpaired) electrons. The Kier molecular flexibility index (Phi) is 19.3. The molecule has 0 aliphatic carbocycles. The van der Waals surface area contributed by atoms with Gasteiger partial charge in [-0.2, -0.15) is 0 Å². The fraction of sp³-hybridized carbons (Fsp3) is 0.805. The van der Waals surface area contributed by atoms with Crippen molar-refractivity contribution in [2.75, 3.05) is 20.7 Å². The Morgan fingerprint density at radius 3 is 2.35 bits per heavy atom. The second-order valence-electron chi connectivity index (χ2n) is 15.5. The molecule has 11 atom stereocenters. The van der Waals surface area contributed by atoms with E-state index in [0.717, 1.165) is 36.5 Å². The van der Waals surface area contributed by atoms with Crippen molar-refractivity contribution in [1.29, 1.82) is 0 Å². The van der Waals surface area contributed by atoms with Crippen molar-refractivity contribution in [2.45, 2.75) is 175 Å². The zero-order chi connectivity index (χ0) is 39.2. The van der Waals surface area contributed by atoms with Gasteiger partial charge in [-0.1, -0.05) is 78.8 Å². The summed E-state index contributed by atoms with van der Waals surface area (Å²) in [6.07, 6.45) is 10.0. The molecular weight excluding hydrogens is 679 g/mol. The predicted octanol–water partition coefficient (Wildman–Crippen LogP) is 8.59. The van der Waals surface area contributed by atoms with Crippen molar-refractivity contribution in [3.05, 3.63) is 36.0 Å². The van der Waals surface area contributed by atoms with Gasteiger partial charge in [0.25, 0.3) is 0 Å². The Balaban J connectivity index is 2.25. The zero-order valence-electron chi connectivity index (χ0n) is 34.7. The highest BCUT2D eigenvalue weighted by Crippen LogP contribution is 2.38. The largest absolute Gasteiger partial charge is 0.457 e. The third kappa shape index (κ3) is 14.0. The van der Waals surface area contributed by atoms with Crippen LogP contribution in [0.2, 0.25) is 18.1 Å². The molecule has 0 spiro atoms. The molecule has 0 bridgehead atoms. The van der Waals surface area contributed by atoms with Crippen LogP contribution in [0.3, 0.4) is 0 Å². The number of aliphatic hydroxyl groups is 1. The van der Waals surface area contributed by atoms with Crippen molar-refractivity contribution in [3.63, 3.8) is 0 Å². The van der Waals surface area contributed by atoms with Crippen LogP contribution in [0.25, 0.3) is 0 Å². The first-order chi connectivity index (χ1) is 24.5. The maximum Gasteiger partial charge on any atom is 0.409 e. The van der Waals surface area contributed by atoms with Gasteiger partial charge in [-0.25, -0.2) is 4.79 Å². The molecule has 52 heavy (non-hydrogen) atoms. The standard InChI is InChI=1S/C41H73NO9Si/c1-14-34(48-40(45)42(12)13)31(9)39-35(47-39)26-28(6)20-19-21-29(7)38-30(8)22-23-36(43)41(11,50-32(10)46-15-2)25-24-33(27-37(44)49-38)51-52(16-3,17-4)18-5/h19-23,28,30-36,38-39,43H,14-18,24-27H2,1-13H3/b20-19+,23-22+,29-21+. The number of carbonyl (C=O) groups excluding carboxylic acids is 2. The number of epoxide rings is 1. The van der Waals surface area contributed by atoms with E-state index in [1.807, 2.05) is 59.8 Å². The minimum Gasteiger partial charge on any atom is -0.457 e. The molecule has 1 fully saturated rings. The number of allylic oxidation sites excluding steroid dienone is 3. The van der Waals surface area contributed by atoms with E-state index >= 15 is 0 Å². The topological polar surface area (TPSA) is 116 Å². The van der Waals surface area contributed by atoms with Crippen LogP contribution in [0.5, 0.6) is 0 Å². The summed E-state index contributed by atoms with van der Waals surface area (Å²) in [4.78, 5) is 27.2. The lowest BCUT2D eigenvalue weighted by Crippen LogP contribution is -2.46. The number of amides is 1. The first-order valence-electron chi connectivity index (χ1n) is 19.9. The molecule has 0 aromatic rings. The third-order valence-corrected chi connectivity index (χ3v) is 15.8. The van der Waals surface area contributed by atoms with Crippen molar-refractivity contribution < 1.29 is 42.8 Å². The van der Waals surface area contributed by atoms with Crippen LogP contribution < -0.4 is 0 Å². The average Bonchev–Trinajstić information content (AvgIpc) is 3.87. The Labute approximate surface area is 316 Å². The van der Waals surface area contributed by atoms with E-state index in [2.05, 4.69) is 40.7 Å². The highest BCUT2D eigenvalue weighted by atomic mass is 28.4. The fourth-order valence-electron chi connectivity index (χ4n) is 7.26. The minimum absolute atomic E-state index is 0.0638. The molecule has 2 aliphatic heterocycles. The van der Waals surface area contributed by atoms with Crippen molar-refractivity contribution in [3.8, 4) is 0 Å². The molecule has 2 aliphatic rings. The molecule has 1 N–H and O–H groups in total. The zero-order valence-corrected chi connectivity index (χ0v) is 35.7. The van der Waals surface area contributed by atoms with Gasteiger partial charge >= 0.3 is 12.1 Å². The van der Waals surface area contributed by atoms with Crippen LogP contribution in [0.15, 0.2) is 36.0 Å². The Hall–Kier alpha value is -2.02. The third-order valence-electron chi connectivity index (χ3n) is 11.1. The number of rotatable bonds is 18. The van der Waals surface area contributed by atoms with Gasteiger partial charge in [-0.05, 0) is 83.0 Å². The van der Waals surface area contributed by atoms with Gasteiger partial charge in [0.15, 0.2) is 14.6 Å². The SMILES string of the molecule is CCOC(C)OC1(C)CCC(O[Si](CC)(CC)CC)CC(=O)OC(/C(C)=C/C=C/C(C)CC2OC2C(C)C(CC)OC(=O)N(C)C)C(C)/C=C/C1O. The van der Waals surface area contributed by atoms with E-state index in [-0.39, 0.29) is 60.7 Å². The molecule has 300 valence electrons. The molecule has 11 heteroatoms. The predicted molar refractivity (Wildman–Crippen MR) is 209 cm³/mol. The molecule has 10 nitrogen and oxygen atoms in total. The number of aliphatic hydroxyl groups excluding tert-OH is 1. The summed E-state index contributed by atoms with van der Waals surface area (Å²) in [5, 5.41) is 11.6. The molecule has 2 rings (SSSR count). The lowest BCUT2D eigenvalue weighted by Gasteiger charge is -2.39. The minimum atomic E-state index is -2.05.